The number of carbonyl (C=O) groups is 1. The number of aryl methyl sites for hydroxylation is 1. The van der Waals surface area contributed by atoms with E-state index in [2.05, 4.69) is 24.4 Å². The van der Waals surface area contributed by atoms with Gasteiger partial charge in [-0.2, -0.15) is 0 Å². The van der Waals surface area contributed by atoms with Gasteiger partial charge in [0.15, 0.2) is 0 Å². The van der Waals surface area contributed by atoms with Crippen LogP contribution in [0.15, 0.2) is 29.6 Å². The van der Waals surface area contributed by atoms with Crippen LogP contribution in [-0.4, -0.2) is 5.91 Å². The smallest absolute Gasteiger partial charge is 0.225 e. The molecule has 2 aromatic heterocycles. The molecule has 0 aromatic carbocycles. The first-order valence-electron chi connectivity index (χ1n) is 5.08. The van der Waals surface area contributed by atoms with E-state index in [4.69, 9.17) is 0 Å². The summed E-state index contributed by atoms with van der Waals surface area (Å²) in [6, 6.07) is 8.09. The molecule has 2 nitrogen and oxygen atoms in total. The third kappa shape index (κ3) is 3.18. The van der Waals surface area contributed by atoms with E-state index in [1.807, 2.05) is 17.5 Å². The summed E-state index contributed by atoms with van der Waals surface area (Å²) in [5, 5.41) is 4.92. The van der Waals surface area contributed by atoms with E-state index in [0.717, 1.165) is 4.88 Å². The highest BCUT2D eigenvalue weighted by Gasteiger charge is 2.04. The first kappa shape index (κ1) is 11.4. The maximum absolute atomic E-state index is 11.6. The predicted octanol–water partition coefficient (Wildman–Crippen LogP) is 2.98. The molecule has 0 saturated heterocycles. The van der Waals surface area contributed by atoms with Gasteiger partial charge < -0.3 is 5.32 Å². The van der Waals surface area contributed by atoms with Gasteiger partial charge in [0.25, 0.3) is 0 Å². The summed E-state index contributed by atoms with van der Waals surface area (Å²) in [5.41, 5.74) is 0. The fourth-order valence-corrected chi connectivity index (χ4v) is 2.93. The quantitative estimate of drug-likeness (QED) is 0.889. The highest BCUT2D eigenvalue weighted by atomic mass is 32.1. The van der Waals surface area contributed by atoms with Gasteiger partial charge in [0.1, 0.15) is 0 Å². The Hall–Kier alpha value is -1.13. The second-order valence-corrected chi connectivity index (χ2v) is 5.95. The monoisotopic (exact) mass is 251 g/mol. The fraction of sp³-hybridized carbons (Fsp3) is 0.250. The topological polar surface area (TPSA) is 29.1 Å². The van der Waals surface area contributed by atoms with Crippen molar-refractivity contribution >= 4 is 28.6 Å². The summed E-state index contributed by atoms with van der Waals surface area (Å²) >= 11 is 3.34. The van der Waals surface area contributed by atoms with E-state index in [9.17, 15) is 4.79 Å². The lowest BCUT2D eigenvalue weighted by molar-refractivity contribution is -0.120. The van der Waals surface area contributed by atoms with Crippen molar-refractivity contribution in [2.75, 3.05) is 0 Å². The van der Waals surface area contributed by atoms with Crippen LogP contribution in [0.25, 0.3) is 0 Å². The normalized spacial score (nSPS) is 10.3. The fourth-order valence-electron chi connectivity index (χ4n) is 1.40. The van der Waals surface area contributed by atoms with Crippen LogP contribution in [0.2, 0.25) is 0 Å². The van der Waals surface area contributed by atoms with Gasteiger partial charge in [0.05, 0.1) is 13.0 Å². The van der Waals surface area contributed by atoms with Gasteiger partial charge in [-0.25, -0.2) is 0 Å². The van der Waals surface area contributed by atoms with Gasteiger partial charge in [0.2, 0.25) is 5.91 Å². The van der Waals surface area contributed by atoms with Crippen molar-refractivity contribution in [3.8, 4) is 0 Å². The van der Waals surface area contributed by atoms with E-state index in [0.29, 0.717) is 13.0 Å². The Kier molecular flexibility index (Phi) is 3.74. The van der Waals surface area contributed by atoms with E-state index >= 15 is 0 Å². The number of nitrogens with one attached hydrogen (secondary N) is 1. The molecular weight excluding hydrogens is 238 g/mol. The Morgan fingerprint density at radius 1 is 1.31 bits per heavy atom. The summed E-state index contributed by atoms with van der Waals surface area (Å²) in [4.78, 5) is 15.2. The molecule has 4 heteroatoms. The molecule has 16 heavy (non-hydrogen) atoms. The van der Waals surface area contributed by atoms with Crippen molar-refractivity contribution in [2.45, 2.75) is 19.9 Å². The molecule has 0 unspecified atom stereocenters. The van der Waals surface area contributed by atoms with E-state index < -0.39 is 0 Å². The molecule has 0 atom stereocenters. The van der Waals surface area contributed by atoms with Crippen LogP contribution in [0.4, 0.5) is 0 Å². The minimum absolute atomic E-state index is 0.0912. The molecule has 2 heterocycles. The first-order chi connectivity index (χ1) is 7.74. The van der Waals surface area contributed by atoms with Crippen molar-refractivity contribution < 1.29 is 4.79 Å². The average Bonchev–Trinajstić information content (AvgIpc) is 2.87. The lowest BCUT2D eigenvalue weighted by Gasteiger charge is -2.01. The van der Waals surface area contributed by atoms with Gasteiger partial charge in [0, 0.05) is 14.6 Å². The van der Waals surface area contributed by atoms with E-state index in [1.54, 1.807) is 22.7 Å². The minimum Gasteiger partial charge on any atom is -0.351 e. The van der Waals surface area contributed by atoms with Crippen LogP contribution < -0.4 is 5.32 Å². The lowest BCUT2D eigenvalue weighted by Crippen LogP contribution is -2.23. The van der Waals surface area contributed by atoms with Crippen LogP contribution in [-0.2, 0) is 17.8 Å². The standard InChI is InChI=1S/C12H13NOS2/c1-9-4-5-11(16-9)8-13-12(14)7-10-3-2-6-15-10/h2-6H,7-8H2,1H3,(H,13,14). The maximum Gasteiger partial charge on any atom is 0.225 e. The third-order valence-electron chi connectivity index (χ3n) is 2.17. The van der Waals surface area contributed by atoms with Crippen molar-refractivity contribution in [3.05, 3.63) is 44.3 Å². The van der Waals surface area contributed by atoms with Crippen molar-refractivity contribution in [3.63, 3.8) is 0 Å². The van der Waals surface area contributed by atoms with Crippen LogP contribution in [0, 0.1) is 6.92 Å². The van der Waals surface area contributed by atoms with E-state index in [1.165, 1.54) is 9.75 Å². The van der Waals surface area contributed by atoms with Crippen molar-refractivity contribution in [2.24, 2.45) is 0 Å². The Labute approximate surface area is 103 Å². The number of thiophene rings is 2. The molecule has 0 fully saturated rings. The minimum atomic E-state index is 0.0912. The summed E-state index contributed by atoms with van der Waals surface area (Å²) in [5.74, 6) is 0.0912. The highest BCUT2D eigenvalue weighted by molar-refractivity contribution is 7.11. The SMILES string of the molecule is Cc1ccc(CNC(=O)Cc2cccs2)s1. The molecule has 84 valence electrons. The van der Waals surface area contributed by atoms with Crippen LogP contribution in [0.3, 0.4) is 0 Å². The second-order valence-electron chi connectivity index (χ2n) is 3.55. The third-order valence-corrected chi connectivity index (χ3v) is 4.05. The average molecular weight is 251 g/mol. The predicted molar refractivity (Wildman–Crippen MR) is 68.9 cm³/mol. The maximum atomic E-state index is 11.6. The van der Waals surface area contributed by atoms with Crippen molar-refractivity contribution in [1.29, 1.82) is 0 Å². The molecule has 1 N–H and O–H groups in total. The molecule has 0 spiro atoms. The number of hydrogen-bond acceptors (Lipinski definition) is 3. The molecule has 2 rings (SSSR count). The molecule has 0 bridgehead atoms. The molecule has 2 aromatic rings. The zero-order chi connectivity index (χ0) is 11.4. The number of rotatable bonds is 4. The Balaban J connectivity index is 1.80. The molecule has 0 aliphatic rings. The summed E-state index contributed by atoms with van der Waals surface area (Å²) < 4.78 is 0. The molecule has 0 radical (unpaired) electrons. The Bertz CT molecular complexity index is 459. The van der Waals surface area contributed by atoms with Crippen LogP contribution in [0.5, 0.6) is 0 Å². The Morgan fingerprint density at radius 3 is 2.81 bits per heavy atom. The zero-order valence-electron chi connectivity index (χ0n) is 9.03. The van der Waals surface area contributed by atoms with Gasteiger partial charge >= 0.3 is 0 Å². The first-order valence-corrected chi connectivity index (χ1v) is 6.78. The van der Waals surface area contributed by atoms with Crippen molar-refractivity contribution in [1.82, 2.24) is 5.32 Å². The summed E-state index contributed by atoms with van der Waals surface area (Å²) in [6.07, 6.45) is 0.488. The van der Waals surface area contributed by atoms with Gasteiger partial charge in [-0.15, -0.1) is 22.7 Å². The highest BCUT2D eigenvalue weighted by Crippen LogP contribution is 2.14. The summed E-state index contributed by atoms with van der Waals surface area (Å²) in [7, 11) is 0. The van der Waals surface area contributed by atoms with Crippen LogP contribution >= 0.6 is 22.7 Å². The van der Waals surface area contributed by atoms with E-state index in [-0.39, 0.29) is 5.91 Å². The summed E-state index contributed by atoms with van der Waals surface area (Å²) in [6.45, 7) is 2.71. The molecule has 0 aliphatic carbocycles. The molecule has 0 saturated carbocycles. The van der Waals surface area contributed by atoms with Gasteiger partial charge in [-0.05, 0) is 30.5 Å². The largest absolute Gasteiger partial charge is 0.351 e. The number of carbonyl (C=O) groups excluding carboxylic acids is 1. The second kappa shape index (κ2) is 5.27. The lowest BCUT2D eigenvalue weighted by atomic mass is 10.3. The number of hydrogen-bond donors (Lipinski definition) is 1. The molecule has 1 amide bonds. The van der Waals surface area contributed by atoms with Gasteiger partial charge in [-0.3, -0.25) is 4.79 Å². The Morgan fingerprint density at radius 2 is 2.19 bits per heavy atom. The van der Waals surface area contributed by atoms with Gasteiger partial charge in [-0.1, -0.05) is 6.07 Å². The molecular formula is C12H13NOS2. The number of amides is 1. The van der Waals surface area contributed by atoms with Crippen LogP contribution in [0.1, 0.15) is 14.6 Å². The zero-order valence-corrected chi connectivity index (χ0v) is 10.7. The molecule has 0 aliphatic heterocycles.